The van der Waals surface area contributed by atoms with Crippen LogP contribution in [0.25, 0.3) is 0 Å². The van der Waals surface area contributed by atoms with Crippen LogP contribution in [0.1, 0.15) is 17.5 Å². The zero-order chi connectivity index (χ0) is 19.4. The van der Waals surface area contributed by atoms with E-state index in [9.17, 15) is 14.4 Å². The van der Waals surface area contributed by atoms with Gasteiger partial charge in [0.05, 0.1) is 17.4 Å². The van der Waals surface area contributed by atoms with E-state index >= 15 is 0 Å². The number of amides is 2. The molecular weight excluding hydrogens is 364 g/mol. The SMILES string of the molecule is Cc1cccc(NC(=O)COC(=O)CC2Sc3ccccc3NC2=O)c1C. The predicted octanol–water partition coefficient (Wildman–Crippen LogP) is 3.29. The van der Waals surface area contributed by atoms with Crippen LogP contribution in [0, 0.1) is 13.8 Å². The summed E-state index contributed by atoms with van der Waals surface area (Å²) in [6, 6.07) is 13.0. The zero-order valence-electron chi connectivity index (χ0n) is 15.1. The first-order valence-electron chi connectivity index (χ1n) is 8.52. The number of nitrogens with one attached hydrogen (secondary N) is 2. The highest BCUT2D eigenvalue weighted by Gasteiger charge is 2.29. The molecule has 1 heterocycles. The van der Waals surface area contributed by atoms with Crippen molar-refractivity contribution in [3.05, 3.63) is 53.6 Å². The predicted molar refractivity (Wildman–Crippen MR) is 105 cm³/mol. The molecule has 2 N–H and O–H groups in total. The number of esters is 1. The van der Waals surface area contributed by atoms with E-state index in [1.807, 2.05) is 50.2 Å². The number of hydrogen-bond donors (Lipinski definition) is 2. The summed E-state index contributed by atoms with van der Waals surface area (Å²) in [7, 11) is 0. The van der Waals surface area contributed by atoms with Crippen molar-refractivity contribution < 1.29 is 19.1 Å². The molecule has 0 radical (unpaired) electrons. The summed E-state index contributed by atoms with van der Waals surface area (Å²) in [6.07, 6.45) is -0.0956. The number of thioether (sulfide) groups is 1. The Morgan fingerprint density at radius 3 is 2.74 bits per heavy atom. The number of ether oxygens (including phenoxy) is 1. The highest BCUT2D eigenvalue weighted by atomic mass is 32.2. The molecule has 0 aliphatic carbocycles. The third kappa shape index (κ3) is 4.68. The first kappa shape index (κ1) is 19.0. The van der Waals surface area contributed by atoms with Gasteiger partial charge in [0.2, 0.25) is 5.91 Å². The van der Waals surface area contributed by atoms with Gasteiger partial charge in [-0.2, -0.15) is 0 Å². The van der Waals surface area contributed by atoms with Gasteiger partial charge < -0.3 is 15.4 Å². The van der Waals surface area contributed by atoms with Crippen LogP contribution in [0.5, 0.6) is 0 Å². The van der Waals surface area contributed by atoms with Crippen molar-refractivity contribution >= 4 is 40.9 Å². The lowest BCUT2D eigenvalue weighted by molar-refractivity contribution is -0.147. The Kier molecular flexibility index (Phi) is 5.81. The second-order valence-electron chi connectivity index (χ2n) is 6.25. The topological polar surface area (TPSA) is 84.5 Å². The first-order valence-corrected chi connectivity index (χ1v) is 9.40. The van der Waals surface area contributed by atoms with Crippen LogP contribution < -0.4 is 10.6 Å². The lowest BCUT2D eigenvalue weighted by atomic mass is 10.1. The van der Waals surface area contributed by atoms with Crippen molar-refractivity contribution in [1.82, 2.24) is 0 Å². The number of fused-ring (bicyclic) bond motifs is 1. The van der Waals surface area contributed by atoms with Crippen molar-refractivity contribution in [3.63, 3.8) is 0 Å². The zero-order valence-corrected chi connectivity index (χ0v) is 15.9. The molecule has 1 atom stereocenters. The van der Waals surface area contributed by atoms with Gasteiger partial charge in [-0.05, 0) is 43.2 Å². The number of rotatable bonds is 5. The number of hydrogen-bond acceptors (Lipinski definition) is 5. The summed E-state index contributed by atoms with van der Waals surface area (Å²) in [5.74, 6) is -1.24. The maximum absolute atomic E-state index is 12.1. The van der Waals surface area contributed by atoms with Crippen molar-refractivity contribution in [2.24, 2.45) is 0 Å². The molecule has 3 rings (SSSR count). The lowest BCUT2D eigenvalue weighted by Crippen LogP contribution is -2.32. The number of benzene rings is 2. The van der Waals surface area contributed by atoms with Gasteiger partial charge in [0, 0.05) is 10.6 Å². The average Bonchev–Trinajstić information content (AvgIpc) is 2.64. The fraction of sp³-hybridized carbons (Fsp3) is 0.250. The minimum atomic E-state index is -0.585. The van der Waals surface area contributed by atoms with E-state index in [0.29, 0.717) is 5.69 Å². The second-order valence-corrected chi connectivity index (χ2v) is 7.50. The van der Waals surface area contributed by atoms with Gasteiger partial charge >= 0.3 is 5.97 Å². The summed E-state index contributed by atoms with van der Waals surface area (Å²) in [5.41, 5.74) is 3.46. The molecule has 2 aromatic rings. The molecule has 2 aromatic carbocycles. The molecule has 27 heavy (non-hydrogen) atoms. The van der Waals surface area contributed by atoms with Crippen LogP contribution in [-0.4, -0.2) is 29.6 Å². The van der Waals surface area contributed by atoms with Gasteiger partial charge in [0.1, 0.15) is 0 Å². The normalized spacial score (nSPS) is 15.5. The van der Waals surface area contributed by atoms with Gasteiger partial charge in [-0.1, -0.05) is 24.3 Å². The number of para-hydroxylation sites is 1. The standard InChI is InChI=1S/C20H20N2O4S/c1-12-6-5-8-14(13(12)2)21-18(23)11-26-19(24)10-17-20(25)22-15-7-3-4-9-16(15)27-17/h3-9,17H,10-11H2,1-2H3,(H,21,23)(H,22,25). The highest BCUT2D eigenvalue weighted by molar-refractivity contribution is 8.01. The van der Waals surface area contributed by atoms with Crippen LogP contribution in [0.2, 0.25) is 0 Å². The van der Waals surface area contributed by atoms with E-state index < -0.39 is 17.1 Å². The summed E-state index contributed by atoms with van der Waals surface area (Å²) >= 11 is 1.32. The van der Waals surface area contributed by atoms with E-state index in [0.717, 1.165) is 21.7 Å². The number of carbonyl (C=O) groups excluding carboxylic acids is 3. The molecule has 0 saturated carbocycles. The van der Waals surface area contributed by atoms with Crippen LogP contribution in [-0.2, 0) is 19.1 Å². The molecule has 0 bridgehead atoms. The molecule has 0 saturated heterocycles. The summed E-state index contributed by atoms with van der Waals surface area (Å²) in [6.45, 7) is 3.48. The van der Waals surface area contributed by atoms with E-state index in [1.165, 1.54) is 11.8 Å². The molecule has 7 heteroatoms. The van der Waals surface area contributed by atoms with Gasteiger partial charge in [0.15, 0.2) is 6.61 Å². The third-order valence-corrected chi connectivity index (χ3v) is 5.58. The van der Waals surface area contributed by atoms with E-state index in [-0.39, 0.29) is 18.9 Å². The monoisotopic (exact) mass is 384 g/mol. The van der Waals surface area contributed by atoms with Gasteiger partial charge in [0.25, 0.3) is 5.91 Å². The third-order valence-electron chi connectivity index (χ3n) is 4.30. The van der Waals surface area contributed by atoms with Gasteiger partial charge in [-0.3, -0.25) is 14.4 Å². The first-order chi connectivity index (χ1) is 12.9. The molecule has 1 unspecified atom stereocenters. The molecule has 1 aliphatic heterocycles. The number of carbonyl (C=O) groups is 3. The fourth-order valence-corrected chi connectivity index (χ4v) is 3.75. The summed E-state index contributed by atoms with van der Waals surface area (Å²) in [4.78, 5) is 37.1. The van der Waals surface area contributed by atoms with Crippen LogP contribution in [0.4, 0.5) is 11.4 Å². The lowest BCUT2D eigenvalue weighted by Gasteiger charge is -2.23. The minimum absolute atomic E-state index is 0.0956. The summed E-state index contributed by atoms with van der Waals surface area (Å²) in [5, 5.41) is 4.93. The number of anilines is 2. The number of aryl methyl sites for hydroxylation is 1. The van der Waals surface area contributed by atoms with Crippen LogP contribution in [0.15, 0.2) is 47.4 Å². The van der Waals surface area contributed by atoms with Gasteiger partial charge in [-0.25, -0.2) is 0 Å². The van der Waals surface area contributed by atoms with E-state index in [1.54, 1.807) is 6.07 Å². The van der Waals surface area contributed by atoms with E-state index in [4.69, 9.17) is 4.74 Å². The molecular formula is C20H20N2O4S. The molecule has 6 nitrogen and oxygen atoms in total. The Morgan fingerprint density at radius 1 is 1.15 bits per heavy atom. The van der Waals surface area contributed by atoms with Crippen molar-refractivity contribution in [2.45, 2.75) is 30.4 Å². The molecule has 2 amide bonds. The average molecular weight is 384 g/mol. The quantitative estimate of drug-likeness (QED) is 0.773. The van der Waals surface area contributed by atoms with Crippen LogP contribution in [0.3, 0.4) is 0 Å². The Bertz CT molecular complexity index is 897. The maximum atomic E-state index is 12.1. The van der Waals surface area contributed by atoms with Crippen molar-refractivity contribution in [3.8, 4) is 0 Å². The van der Waals surface area contributed by atoms with Crippen molar-refractivity contribution in [1.29, 1.82) is 0 Å². The van der Waals surface area contributed by atoms with Crippen LogP contribution >= 0.6 is 11.8 Å². The Hall–Kier alpha value is -2.80. The Balaban J connectivity index is 1.50. The van der Waals surface area contributed by atoms with Crippen molar-refractivity contribution in [2.75, 3.05) is 17.2 Å². The molecule has 0 spiro atoms. The largest absolute Gasteiger partial charge is 0.456 e. The van der Waals surface area contributed by atoms with E-state index in [2.05, 4.69) is 10.6 Å². The highest BCUT2D eigenvalue weighted by Crippen LogP contribution is 2.36. The Morgan fingerprint density at radius 2 is 1.93 bits per heavy atom. The molecule has 1 aliphatic rings. The smallest absolute Gasteiger partial charge is 0.307 e. The second kappa shape index (κ2) is 8.26. The fourth-order valence-electron chi connectivity index (χ4n) is 2.66. The molecule has 140 valence electrons. The summed E-state index contributed by atoms with van der Waals surface area (Å²) < 4.78 is 5.04. The maximum Gasteiger partial charge on any atom is 0.307 e. The molecule has 0 fully saturated rings. The van der Waals surface area contributed by atoms with Gasteiger partial charge in [-0.15, -0.1) is 11.8 Å². The molecule has 0 aromatic heterocycles. The Labute approximate surface area is 161 Å². The minimum Gasteiger partial charge on any atom is -0.456 e.